The lowest BCUT2D eigenvalue weighted by Crippen LogP contribution is -2.37. The second kappa shape index (κ2) is 7.46. The van der Waals surface area contributed by atoms with Crippen LogP contribution in [0.5, 0.6) is 0 Å². The summed E-state index contributed by atoms with van der Waals surface area (Å²) in [5.41, 5.74) is 0.590. The fourth-order valence-electron chi connectivity index (χ4n) is 1.69. The van der Waals surface area contributed by atoms with Crippen LogP contribution < -0.4 is 5.32 Å². The summed E-state index contributed by atoms with van der Waals surface area (Å²) in [7, 11) is 1.75. The van der Waals surface area contributed by atoms with E-state index in [0.717, 1.165) is 5.56 Å². The van der Waals surface area contributed by atoms with Crippen LogP contribution in [0.3, 0.4) is 0 Å². The molecule has 1 aromatic carbocycles. The molecule has 0 unspecified atom stereocenters. The molecule has 0 spiro atoms. The number of nitrogens with one attached hydrogen (secondary N) is 1. The van der Waals surface area contributed by atoms with E-state index in [1.807, 2.05) is 32.9 Å². The van der Waals surface area contributed by atoms with Gasteiger partial charge in [0.25, 0.3) is 0 Å². The van der Waals surface area contributed by atoms with Gasteiger partial charge in [0, 0.05) is 37.0 Å². The SMILES string of the molecule is CN(Cc1ccc(Cl)cc1)C(=O)CCNC(=O)C(C)(C)C. The molecule has 2 amide bonds. The van der Waals surface area contributed by atoms with Gasteiger partial charge in [0.1, 0.15) is 0 Å². The molecule has 0 saturated heterocycles. The highest BCUT2D eigenvalue weighted by atomic mass is 35.5. The molecular formula is C16H23ClN2O2. The predicted octanol–water partition coefficient (Wildman–Crippen LogP) is 2.85. The van der Waals surface area contributed by atoms with E-state index in [4.69, 9.17) is 11.6 Å². The first-order valence-corrected chi connectivity index (χ1v) is 7.34. The molecule has 4 nitrogen and oxygen atoms in total. The highest BCUT2D eigenvalue weighted by Gasteiger charge is 2.20. The molecule has 0 aliphatic carbocycles. The molecule has 0 atom stereocenters. The van der Waals surface area contributed by atoms with Crippen molar-refractivity contribution >= 4 is 23.4 Å². The number of rotatable bonds is 5. The van der Waals surface area contributed by atoms with Gasteiger partial charge in [0.15, 0.2) is 0 Å². The van der Waals surface area contributed by atoms with Gasteiger partial charge >= 0.3 is 0 Å². The summed E-state index contributed by atoms with van der Waals surface area (Å²) in [4.78, 5) is 25.3. The van der Waals surface area contributed by atoms with Gasteiger partial charge in [-0.15, -0.1) is 0 Å². The Labute approximate surface area is 131 Å². The van der Waals surface area contributed by atoms with E-state index in [1.165, 1.54) is 0 Å². The summed E-state index contributed by atoms with van der Waals surface area (Å²) in [6, 6.07) is 7.40. The average molecular weight is 311 g/mol. The number of hydrogen-bond donors (Lipinski definition) is 1. The van der Waals surface area contributed by atoms with E-state index in [2.05, 4.69) is 5.32 Å². The van der Waals surface area contributed by atoms with Crippen LogP contribution in [-0.2, 0) is 16.1 Å². The normalized spacial score (nSPS) is 11.1. The summed E-state index contributed by atoms with van der Waals surface area (Å²) in [5.74, 6) is -0.0465. The van der Waals surface area contributed by atoms with Gasteiger partial charge in [-0.1, -0.05) is 44.5 Å². The second-order valence-electron chi connectivity index (χ2n) is 6.13. The van der Waals surface area contributed by atoms with Crippen molar-refractivity contribution in [2.24, 2.45) is 5.41 Å². The van der Waals surface area contributed by atoms with Crippen LogP contribution in [-0.4, -0.2) is 30.3 Å². The summed E-state index contributed by atoms with van der Waals surface area (Å²) >= 11 is 5.82. The maximum atomic E-state index is 12.0. The number of nitrogens with zero attached hydrogens (tertiary/aromatic N) is 1. The van der Waals surface area contributed by atoms with Gasteiger partial charge in [0.2, 0.25) is 11.8 Å². The Kier molecular flexibility index (Phi) is 6.21. The van der Waals surface area contributed by atoms with Crippen molar-refractivity contribution in [1.29, 1.82) is 0 Å². The Bertz CT molecular complexity index is 492. The number of amides is 2. The Morgan fingerprint density at radius 1 is 1.19 bits per heavy atom. The van der Waals surface area contributed by atoms with Crippen LogP contribution in [0.25, 0.3) is 0 Å². The lowest BCUT2D eigenvalue weighted by atomic mass is 9.96. The third kappa shape index (κ3) is 6.17. The van der Waals surface area contributed by atoms with Crippen molar-refractivity contribution in [3.05, 3.63) is 34.9 Å². The molecule has 0 aliphatic rings. The zero-order valence-corrected chi connectivity index (χ0v) is 13.8. The molecule has 0 bridgehead atoms. The molecule has 0 saturated carbocycles. The maximum absolute atomic E-state index is 12.0. The highest BCUT2D eigenvalue weighted by molar-refractivity contribution is 6.30. The minimum Gasteiger partial charge on any atom is -0.355 e. The molecule has 0 heterocycles. The molecule has 0 aliphatic heterocycles. The maximum Gasteiger partial charge on any atom is 0.225 e. The average Bonchev–Trinajstić information content (AvgIpc) is 2.40. The Balaban J connectivity index is 2.38. The molecule has 0 radical (unpaired) electrons. The van der Waals surface area contributed by atoms with Crippen LogP contribution in [0, 0.1) is 5.41 Å². The predicted molar refractivity (Wildman–Crippen MR) is 85.0 cm³/mol. The van der Waals surface area contributed by atoms with Crippen molar-refractivity contribution < 1.29 is 9.59 Å². The largest absolute Gasteiger partial charge is 0.355 e. The van der Waals surface area contributed by atoms with E-state index in [0.29, 0.717) is 24.5 Å². The van der Waals surface area contributed by atoms with Crippen LogP contribution in [0.1, 0.15) is 32.8 Å². The summed E-state index contributed by atoms with van der Waals surface area (Å²) in [6.07, 6.45) is 0.298. The van der Waals surface area contributed by atoms with Crippen molar-refractivity contribution in [2.45, 2.75) is 33.7 Å². The quantitative estimate of drug-likeness (QED) is 0.909. The molecule has 5 heteroatoms. The topological polar surface area (TPSA) is 49.4 Å². The lowest BCUT2D eigenvalue weighted by molar-refractivity contribution is -0.131. The second-order valence-corrected chi connectivity index (χ2v) is 6.57. The monoisotopic (exact) mass is 310 g/mol. The zero-order chi connectivity index (χ0) is 16.0. The third-order valence-corrected chi connectivity index (χ3v) is 3.32. The van der Waals surface area contributed by atoms with Crippen LogP contribution >= 0.6 is 11.6 Å². The first-order valence-electron chi connectivity index (χ1n) is 6.97. The van der Waals surface area contributed by atoms with E-state index >= 15 is 0 Å². The molecule has 0 aromatic heterocycles. The van der Waals surface area contributed by atoms with Crippen LogP contribution in [0.2, 0.25) is 5.02 Å². The minimum atomic E-state index is -0.432. The summed E-state index contributed by atoms with van der Waals surface area (Å²) < 4.78 is 0. The standard InChI is InChI=1S/C16H23ClN2O2/c1-16(2,3)15(21)18-10-9-14(20)19(4)11-12-5-7-13(17)8-6-12/h5-8H,9-11H2,1-4H3,(H,18,21). The van der Waals surface area contributed by atoms with Crippen molar-refractivity contribution in [1.82, 2.24) is 10.2 Å². The number of carbonyl (C=O) groups is 2. The molecular weight excluding hydrogens is 288 g/mol. The van der Waals surface area contributed by atoms with E-state index in [1.54, 1.807) is 24.1 Å². The molecule has 1 rings (SSSR count). The van der Waals surface area contributed by atoms with Gasteiger partial charge in [-0.25, -0.2) is 0 Å². The van der Waals surface area contributed by atoms with Gasteiger partial charge in [-0.05, 0) is 17.7 Å². The zero-order valence-electron chi connectivity index (χ0n) is 13.1. The fourth-order valence-corrected chi connectivity index (χ4v) is 1.82. The smallest absolute Gasteiger partial charge is 0.225 e. The minimum absolute atomic E-state index is 0.000779. The first kappa shape index (κ1) is 17.5. The van der Waals surface area contributed by atoms with Gasteiger partial charge in [0.05, 0.1) is 0 Å². The lowest BCUT2D eigenvalue weighted by Gasteiger charge is -2.20. The molecule has 0 fully saturated rings. The Morgan fingerprint density at radius 3 is 2.29 bits per heavy atom. The van der Waals surface area contributed by atoms with Gasteiger partial charge in [-0.2, -0.15) is 0 Å². The molecule has 1 aromatic rings. The van der Waals surface area contributed by atoms with E-state index in [-0.39, 0.29) is 11.8 Å². The van der Waals surface area contributed by atoms with Crippen LogP contribution in [0.15, 0.2) is 24.3 Å². The van der Waals surface area contributed by atoms with Crippen LogP contribution in [0.4, 0.5) is 0 Å². The fraction of sp³-hybridized carbons (Fsp3) is 0.500. The summed E-state index contributed by atoms with van der Waals surface area (Å²) in [6.45, 7) is 6.42. The van der Waals surface area contributed by atoms with Crippen molar-refractivity contribution in [3.8, 4) is 0 Å². The first-order chi connectivity index (χ1) is 9.70. The third-order valence-electron chi connectivity index (χ3n) is 3.06. The number of carbonyl (C=O) groups excluding carboxylic acids is 2. The number of halogens is 1. The molecule has 1 N–H and O–H groups in total. The molecule has 21 heavy (non-hydrogen) atoms. The van der Waals surface area contributed by atoms with Crippen molar-refractivity contribution in [3.63, 3.8) is 0 Å². The Morgan fingerprint density at radius 2 is 1.76 bits per heavy atom. The Hall–Kier alpha value is -1.55. The van der Waals surface area contributed by atoms with Gasteiger partial charge in [-0.3, -0.25) is 9.59 Å². The highest BCUT2D eigenvalue weighted by Crippen LogP contribution is 2.13. The number of hydrogen-bond acceptors (Lipinski definition) is 2. The number of benzene rings is 1. The summed E-state index contributed by atoms with van der Waals surface area (Å²) in [5, 5.41) is 3.45. The van der Waals surface area contributed by atoms with E-state index < -0.39 is 5.41 Å². The van der Waals surface area contributed by atoms with Gasteiger partial charge < -0.3 is 10.2 Å². The molecule has 116 valence electrons. The van der Waals surface area contributed by atoms with Crippen molar-refractivity contribution in [2.75, 3.05) is 13.6 Å². The van der Waals surface area contributed by atoms with E-state index in [9.17, 15) is 9.59 Å².